The molecular formula is C15H13NO2S. The monoisotopic (exact) mass is 271 g/mol. The molecule has 0 aromatic heterocycles. The SMILES string of the molecule is COc1cc(C#N)cc(Oc2ccc(SC)cc2)c1. The number of hydrogen-bond donors (Lipinski definition) is 0. The van der Waals surface area contributed by atoms with Gasteiger partial charge in [-0.05, 0) is 42.7 Å². The predicted octanol–water partition coefficient (Wildman–Crippen LogP) is 4.08. The van der Waals surface area contributed by atoms with E-state index >= 15 is 0 Å². The van der Waals surface area contributed by atoms with E-state index in [1.165, 1.54) is 4.90 Å². The van der Waals surface area contributed by atoms with Crippen molar-refractivity contribution in [3.05, 3.63) is 48.0 Å². The molecule has 0 radical (unpaired) electrons. The third kappa shape index (κ3) is 3.43. The minimum Gasteiger partial charge on any atom is -0.497 e. The number of rotatable bonds is 4. The van der Waals surface area contributed by atoms with E-state index in [1.54, 1.807) is 37.1 Å². The highest BCUT2D eigenvalue weighted by molar-refractivity contribution is 7.98. The van der Waals surface area contributed by atoms with Crippen molar-refractivity contribution < 1.29 is 9.47 Å². The van der Waals surface area contributed by atoms with Crippen LogP contribution >= 0.6 is 11.8 Å². The first-order chi connectivity index (χ1) is 9.25. The molecule has 3 nitrogen and oxygen atoms in total. The normalized spacial score (nSPS) is 9.74. The Hall–Kier alpha value is -2.12. The van der Waals surface area contributed by atoms with Gasteiger partial charge in [0.1, 0.15) is 17.2 Å². The molecule has 0 spiro atoms. The molecule has 0 amide bonds. The van der Waals surface area contributed by atoms with E-state index in [0.29, 0.717) is 17.1 Å². The lowest BCUT2D eigenvalue weighted by Crippen LogP contribution is -1.89. The van der Waals surface area contributed by atoms with E-state index in [1.807, 2.05) is 30.5 Å². The average molecular weight is 271 g/mol. The fourth-order valence-electron chi connectivity index (χ4n) is 1.59. The second-order valence-corrected chi connectivity index (χ2v) is 4.67. The molecule has 0 atom stereocenters. The summed E-state index contributed by atoms with van der Waals surface area (Å²) < 4.78 is 10.9. The van der Waals surface area contributed by atoms with Gasteiger partial charge in [0, 0.05) is 11.0 Å². The van der Waals surface area contributed by atoms with Gasteiger partial charge < -0.3 is 9.47 Å². The zero-order valence-corrected chi connectivity index (χ0v) is 11.5. The number of nitriles is 1. The van der Waals surface area contributed by atoms with Gasteiger partial charge in [-0.3, -0.25) is 0 Å². The molecule has 0 unspecified atom stereocenters. The maximum absolute atomic E-state index is 8.95. The van der Waals surface area contributed by atoms with E-state index in [9.17, 15) is 0 Å². The third-order valence-corrected chi connectivity index (χ3v) is 3.28. The van der Waals surface area contributed by atoms with E-state index < -0.39 is 0 Å². The summed E-state index contributed by atoms with van der Waals surface area (Å²) in [7, 11) is 1.56. The summed E-state index contributed by atoms with van der Waals surface area (Å²) in [4.78, 5) is 1.18. The lowest BCUT2D eigenvalue weighted by atomic mass is 10.2. The maximum Gasteiger partial charge on any atom is 0.132 e. The zero-order chi connectivity index (χ0) is 13.7. The Morgan fingerprint density at radius 1 is 1.00 bits per heavy atom. The van der Waals surface area contributed by atoms with Crippen LogP contribution in [0.25, 0.3) is 0 Å². The molecule has 0 N–H and O–H groups in total. The van der Waals surface area contributed by atoms with Gasteiger partial charge in [0.15, 0.2) is 0 Å². The number of benzene rings is 2. The second-order valence-electron chi connectivity index (χ2n) is 3.79. The summed E-state index contributed by atoms with van der Waals surface area (Å²) in [5.74, 6) is 1.93. The summed E-state index contributed by atoms with van der Waals surface area (Å²) in [5.41, 5.74) is 0.509. The minimum atomic E-state index is 0.509. The van der Waals surface area contributed by atoms with Gasteiger partial charge in [0.05, 0.1) is 18.7 Å². The molecule has 0 aliphatic carbocycles. The Morgan fingerprint density at radius 2 is 1.68 bits per heavy atom. The predicted molar refractivity (Wildman–Crippen MR) is 76.0 cm³/mol. The summed E-state index contributed by atoms with van der Waals surface area (Å²) >= 11 is 1.68. The number of methoxy groups -OCH3 is 1. The number of hydrogen-bond acceptors (Lipinski definition) is 4. The van der Waals surface area contributed by atoms with Crippen LogP contribution in [0.4, 0.5) is 0 Å². The van der Waals surface area contributed by atoms with E-state index in [2.05, 4.69) is 6.07 Å². The number of nitrogens with zero attached hydrogens (tertiary/aromatic N) is 1. The van der Waals surface area contributed by atoms with Crippen molar-refractivity contribution in [3.8, 4) is 23.3 Å². The first-order valence-electron chi connectivity index (χ1n) is 5.66. The molecule has 2 aromatic carbocycles. The molecule has 19 heavy (non-hydrogen) atoms. The van der Waals surface area contributed by atoms with Crippen molar-refractivity contribution in [3.63, 3.8) is 0 Å². The fraction of sp³-hybridized carbons (Fsp3) is 0.133. The van der Waals surface area contributed by atoms with Gasteiger partial charge in [-0.15, -0.1) is 11.8 Å². The van der Waals surface area contributed by atoms with Crippen LogP contribution in [0.15, 0.2) is 47.4 Å². The van der Waals surface area contributed by atoms with Crippen LogP contribution in [0, 0.1) is 11.3 Å². The van der Waals surface area contributed by atoms with Crippen LogP contribution < -0.4 is 9.47 Å². The van der Waals surface area contributed by atoms with E-state index in [0.717, 1.165) is 5.75 Å². The van der Waals surface area contributed by atoms with Crippen LogP contribution in [0.5, 0.6) is 17.2 Å². The van der Waals surface area contributed by atoms with Crippen molar-refractivity contribution in [1.82, 2.24) is 0 Å². The molecule has 96 valence electrons. The van der Waals surface area contributed by atoms with Gasteiger partial charge in [0.2, 0.25) is 0 Å². The molecule has 4 heteroatoms. The van der Waals surface area contributed by atoms with Crippen LogP contribution in [-0.2, 0) is 0 Å². The first kappa shape index (κ1) is 13.3. The summed E-state index contributed by atoms with van der Waals surface area (Å²) in [5, 5.41) is 8.95. The van der Waals surface area contributed by atoms with Gasteiger partial charge >= 0.3 is 0 Å². The highest BCUT2D eigenvalue weighted by Gasteiger charge is 2.03. The van der Waals surface area contributed by atoms with Crippen molar-refractivity contribution in [2.45, 2.75) is 4.90 Å². The Morgan fingerprint density at radius 3 is 2.26 bits per heavy atom. The lowest BCUT2D eigenvalue weighted by Gasteiger charge is -2.08. The van der Waals surface area contributed by atoms with Crippen LogP contribution in [0.2, 0.25) is 0 Å². The molecule has 2 aromatic rings. The summed E-state index contributed by atoms with van der Waals surface area (Å²) in [6.07, 6.45) is 2.02. The lowest BCUT2D eigenvalue weighted by molar-refractivity contribution is 0.409. The molecular weight excluding hydrogens is 258 g/mol. The Labute approximate surface area is 116 Å². The standard InChI is InChI=1S/C15H13NO2S/c1-17-13-7-11(10-16)8-14(9-13)18-12-3-5-15(19-2)6-4-12/h3-9H,1-2H3. The average Bonchev–Trinajstić information content (AvgIpc) is 2.47. The number of thioether (sulfide) groups is 1. The molecule has 0 saturated carbocycles. The molecule has 0 heterocycles. The highest BCUT2D eigenvalue weighted by atomic mass is 32.2. The van der Waals surface area contributed by atoms with Crippen LogP contribution in [0.1, 0.15) is 5.56 Å². The van der Waals surface area contributed by atoms with Crippen molar-refractivity contribution in [1.29, 1.82) is 5.26 Å². The fourth-order valence-corrected chi connectivity index (χ4v) is 2.00. The van der Waals surface area contributed by atoms with Gasteiger partial charge in [0.25, 0.3) is 0 Å². The molecule has 0 saturated heterocycles. The molecule has 0 aliphatic rings. The van der Waals surface area contributed by atoms with Gasteiger partial charge in [-0.2, -0.15) is 5.26 Å². The smallest absolute Gasteiger partial charge is 0.132 e. The Bertz CT molecular complexity index is 603. The Kier molecular flexibility index (Phi) is 4.32. The van der Waals surface area contributed by atoms with Crippen molar-refractivity contribution in [2.75, 3.05) is 13.4 Å². The van der Waals surface area contributed by atoms with Gasteiger partial charge in [-0.25, -0.2) is 0 Å². The molecule has 0 fully saturated rings. The van der Waals surface area contributed by atoms with Gasteiger partial charge in [-0.1, -0.05) is 0 Å². The number of ether oxygens (including phenoxy) is 2. The summed E-state index contributed by atoms with van der Waals surface area (Å²) in [6.45, 7) is 0. The van der Waals surface area contributed by atoms with E-state index in [4.69, 9.17) is 14.7 Å². The van der Waals surface area contributed by atoms with Crippen LogP contribution in [-0.4, -0.2) is 13.4 Å². The largest absolute Gasteiger partial charge is 0.497 e. The third-order valence-electron chi connectivity index (χ3n) is 2.54. The van der Waals surface area contributed by atoms with Crippen LogP contribution in [0.3, 0.4) is 0 Å². The second kappa shape index (κ2) is 6.17. The molecule has 2 rings (SSSR count). The first-order valence-corrected chi connectivity index (χ1v) is 6.88. The van der Waals surface area contributed by atoms with E-state index in [-0.39, 0.29) is 0 Å². The molecule has 0 bridgehead atoms. The highest BCUT2D eigenvalue weighted by Crippen LogP contribution is 2.28. The maximum atomic E-state index is 8.95. The quantitative estimate of drug-likeness (QED) is 0.786. The zero-order valence-electron chi connectivity index (χ0n) is 10.7. The molecule has 0 aliphatic heterocycles. The minimum absolute atomic E-state index is 0.509. The Balaban J connectivity index is 2.24. The topological polar surface area (TPSA) is 42.2 Å². The summed E-state index contributed by atoms with van der Waals surface area (Å²) in [6, 6.07) is 15.0. The van der Waals surface area contributed by atoms with Crippen molar-refractivity contribution >= 4 is 11.8 Å². The van der Waals surface area contributed by atoms with Crippen molar-refractivity contribution in [2.24, 2.45) is 0 Å².